The van der Waals surface area contributed by atoms with Crippen LogP contribution in [0.4, 0.5) is 0 Å². The molecule has 0 amide bonds. The molecule has 0 spiro atoms. The van der Waals surface area contributed by atoms with Crippen LogP contribution in [0.3, 0.4) is 0 Å². The minimum absolute atomic E-state index is 0.852. The van der Waals surface area contributed by atoms with Gasteiger partial charge in [-0.3, -0.25) is 10.1 Å². The van der Waals surface area contributed by atoms with Crippen LogP contribution in [-0.2, 0) is 0 Å². The number of rotatable bonds is 0. The van der Waals surface area contributed by atoms with Crippen LogP contribution in [0.2, 0.25) is 0 Å². The van der Waals surface area contributed by atoms with Crippen LogP contribution in [0, 0.1) is 0 Å². The molecule has 0 saturated heterocycles. The zero-order chi connectivity index (χ0) is 12.2. The summed E-state index contributed by atoms with van der Waals surface area (Å²) in [4.78, 5) is 11.9. The second-order valence-corrected chi connectivity index (χ2v) is 4.34. The van der Waals surface area contributed by atoms with Crippen LogP contribution in [0.15, 0.2) is 42.4 Å². The number of aromatic amines is 1. The quantitative estimate of drug-likeness (QED) is 0.520. The molecule has 0 saturated carbocycles. The Balaban J connectivity index is 0.000000111. The first-order valence-electron chi connectivity index (χ1n) is 5.17. The van der Waals surface area contributed by atoms with Gasteiger partial charge in [-0.1, -0.05) is 5.21 Å². The van der Waals surface area contributed by atoms with E-state index in [2.05, 4.69) is 30.4 Å². The highest BCUT2D eigenvalue weighted by Crippen LogP contribution is 2.15. The van der Waals surface area contributed by atoms with Crippen molar-refractivity contribution in [1.29, 1.82) is 0 Å². The number of nitrogens with zero attached hydrogens (tertiary/aromatic N) is 5. The van der Waals surface area contributed by atoms with E-state index in [9.17, 15) is 0 Å². The van der Waals surface area contributed by atoms with Crippen molar-refractivity contribution in [2.75, 3.05) is 0 Å². The van der Waals surface area contributed by atoms with Crippen molar-refractivity contribution in [1.82, 2.24) is 30.4 Å². The van der Waals surface area contributed by atoms with Crippen molar-refractivity contribution >= 4 is 21.6 Å². The maximum Gasteiger partial charge on any atom is 0.116 e. The van der Waals surface area contributed by atoms with Gasteiger partial charge in [0.05, 0.1) is 22.1 Å². The molecule has 2 aromatic heterocycles. The standard InChI is InChI=1S/C6H4N2S.C5H4N4/c1-2-9-6-3-7-4-8-5(1)6;1-2-6-5-3-7-9-8-4(1)5/h1-4H;1-3H,(H,7,8). The summed E-state index contributed by atoms with van der Waals surface area (Å²) in [5.41, 5.74) is 2.81. The average Bonchev–Trinajstić information content (AvgIpc) is 3.08. The Labute approximate surface area is 106 Å². The summed E-state index contributed by atoms with van der Waals surface area (Å²) in [5.74, 6) is 0. The Bertz CT molecular complexity index is 660. The number of nitrogens with one attached hydrogen (secondary N) is 1. The van der Waals surface area contributed by atoms with Crippen LogP contribution < -0.4 is 0 Å². The van der Waals surface area contributed by atoms with E-state index in [1.54, 1.807) is 30.1 Å². The Kier molecular flexibility index (Phi) is 2.89. The summed E-state index contributed by atoms with van der Waals surface area (Å²) in [6, 6.07) is 3.84. The maximum absolute atomic E-state index is 4.04. The molecule has 0 fully saturated rings. The lowest BCUT2D eigenvalue weighted by Gasteiger charge is -1.89. The normalized spacial score (nSPS) is 10.2. The van der Waals surface area contributed by atoms with Crippen molar-refractivity contribution in [2.45, 2.75) is 0 Å². The van der Waals surface area contributed by atoms with E-state index in [1.807, 2.05) is 23.7 Å². The first-order chi connectivity index (χ1) is 8.93. The molecular formula is C11H8N6S. The first kappa shape index (κ1) is 10.7. The van der Waals surface area contributed by atoms with E-state index in [1.165, 1.54) is 0 Å². The summed E-state index contributed by atoms with van der Waals surface area (Å²) in [6.45, 7) is 0. The number of hydrogen-bond donors (Lipinski definition) is 1. The van der Waals surface area contributed by atoms with Gasteiger partial charge in [0.1, 0.15) is 12.0 Å². The largest absolute Gasteiger partial charge is 0.258 e. The van der Waals surface area contributed by atoms with Gasteiger partial charge >= 0.3 is 0 Å². The minimum Gasteiger partial charge on any atom is -0.258 e. The molecule has 1 N–H and O–H groups in total. The number of H-pyrrole nitrogens is 1. The fraction of sp³-hybridized carbons (Fsp3) is 0. The highest BCUT2D eigenvalue weighted by atomic mass is 32.1. The molecule has 7 heteroatoms. The number of thiophene rings is 1. The highest BCUT2D eigenvalue weighted by molar-refractivity contribution is 7.17. The summed E-state index contributed by atoms with van der Waals surface area (Å²) >= 11 is 1.66. The summed E-state index contributed by atoms with van der Waals surface area (Å²) in [6.07, 6.45) is 6.72. The molecule has 4 rings (SSSR count). The molecule has 88 valence electrons. The predicted octanol–water partition coefficient (Wildman–Crippen LogP) is 2.00. The highest BCUT2D eigenvalue weighted by Gasteiger charge is 2.00. The summed E-state index contributed by atoms with van der Waals surface area (Å²) in [5, 5.41) is 11.9. The topological polar surface area (TPSA) is 80.2 Å². The van der Waals surface area contributed by atoms with Crippen LogP contribution >= 0.6 is 11.3 Å². The zero-order valence-corrected chi connectivity index (χ0v) is 10.0. The lowest BCUT2D eigenvalue weighted by Crippen LogP contribution is -1.88. The molecule has 4 heterocycles. The van der Waals surface area contributed by atoms with Gasteiger partial charge in [0.25, 0.3) is 0 Å². The van der Waals surface area contributed by atoms with Crippen LogP contribution in [0.25, 0.3) is 21.6 Å². The van der Waals surface area contributed by atoms with Gasteiger partial charge in [0, 0.05) is 12.4 Å². The minimum atomic E-state index is 0.852. The molecule has 2 aliphatic rings. The maximum atomic E-state index is 4.04. The molecule has 0 atom stereocenters. The van der Waals surface area contributed by atoms with Crippen molar-refractivity contribution in [3.8, 4) is 11.4 Å². The molecule has 0 bridgehead atoms. The lowest BCUT2D eigenvalue weighted by atomic mass is 10.4. The summed E-state index contributed by atoms with van der Waals surface area (Å²) < 4.78 is 1.15. The lowest BCUT2D eigenvalue weighted by molar-refractivity contribution is 0.867. The second kappa shape index (κ2) is 4.84. The Morgan fingerprint density at radius 1 is 1.11 bits per heavy atom. The monoisotopic (exact) mass is 256 g/mol. The zero-order valence-electron chi connectivity index (χ0n) is 9.19. The molecule has 6 nitrogen and oxygen atoms in total. The molecule has 0 unspecified atom stereocenters. The fourth-order valence-corrected chi connectivity index (χ4v) is 2.13. The predicted molar refractivity (Wildman–Crippen MR) is 68.2 cm³/mol. The molecule has 0 aromatic carbocycles. The van der Waals surface area contributed by atoms with Crippen molar-refractivity contribution in [3.05, 3.63) is 42.4 Å². The van der Waals surface area contributed by atoms with Gasteiger partial charge in [-0.25, -0.2) is 9.97 Å². The van der Waals surface area contributed by atoms with Gasteiger partial charge in [0.15, 0.2) is 0 Å². The first-order valence-corrected chi connectivity index (χ1v) is 6.05. The van der Waals surface area contributed by atoms with Gasteiger partial charge in [0.2, 0.25) is 0 Å². The van der Waals surface area contributed by atoms with Gasteiger partial charge in [-0.2, -0.15) is 0 Å². The average molecular weight is 256 g/mol. The smallest absolute Gasteiger partial charge is 0.116 e. The van der Waals surface area contributed by atoms with Gasteiger partial charge in [-0.05, 0) is 17.5 Å². The SMILES string of the molecule is c1cc2[nH]nncc-2n1.c1ncc2sccc2n1. The third kappa shape index (κ3) is 2.16. The molecule has 18 heavy (non-hydrogen) atoms. The van der Waals surface area contributed by atoms with E-state index < -0.39 is 0 Å². The molecular weight excluding hydrogens is 248 g/mol. The van der Waals surface area contributed by atoms with E-state index in [0.29, 0.717) is 0 Å². The third-order valence-corrected chi connectivity index (χ3v) is 3.11. The van der Waals surface area contributed by atoms with Crippen molar-refractivity contribution in [2.24, 2.45) is 0 Å². The Morgan fingerprint density at radius 3 is 3.00 bits per heavy atom. The van der Waals surface area contributed by atoms with E-state index in [4.69, 9.17) is 0 Å². The second-order valence-electron chi connectivity index (χ2n) is 3.39. The molecule has 2 aliphatic heterocycles. The summed E-state index contributed by atoms with van der Waals surface area (Å²) in [7, 11) is 0. The number of hydrogen-bond acceptors (Lipinski definition) is 6. The molecule has 0 aliphatic carbocycles. The van der Waals surface area contributed by atoms with Crippen LogP contribution in [0.5, 0.6) is 0 Å². The fourth-order valence-electron chi connectivity index (χ4n) is 1.42. The van der Waals surface area contributed by atoms with Gasteiger partial charge in [-0.15, -0.1) is 16.4 Å². The third-order valence-electron chi connectivity index (χ3n) is 2.27. The van der Waals surface area contributed by atoms with Crippen LogP contribution in [-0.4, -0.2) is 30.4 Å². The van der Waals surface area contributed by atoms with Crippen molar-refractivity contribution in [3.63, 3.8) is 0 Å². The van der Waals surface area contributed by atoms with Gasteiger partial charge < -0.3 is 0 Å². The Morgan fingerprint density at radius 2 is 2.11 bits per heavy atom. The van der Waals surface area contributed by atoms with E-state index in [0.717, 1.165) is 21.6 Å². The number of aromatic nitrogens is 6. The van der Waals surface area contributed by atoms with E-state index >= 15 is 0 Å². The molecule has 0 radical (unpaired) electrons. The molecule has 2 aromatic rings. The van der Waals surface area contributed by atoms with E-state index in [-0.39, 0.29) is 0 Å². The Hall–Kier alpha value is -2.41. The number of fused-ring (bicyclic) bond motifs is 2. The van der Waals surface area contributed by atoms with Crippen molar-refractivity contribution < 1.29 is 0 Å². The van der Waals surface area contributed by atoms with Crippen LogP contribution in [0.1, 0.15) is 0 Å².